The number of fused-ring (bicyclic) bond motifs is 1. The van der Waals surface area contributed by atoms with Gasteiger partial charge in [-0.2, -0.15) is 0 Å². The second kappa shape index (κ2) is 2.90. The van der Waals surface area contributed by atoms with Gasteiger partial charge in [-0.3, -0.25) is 4.57 Å². The minimum absolute atomic E-state index is 0.0732. The predicted molar refractivity (Wildman–Crippen MR) is 57.9 cm³/mol. The van der Waals surface area contributed by atoms with E-state index in [1.165, 1.54) is 0 Å². The smallest absolute Gasteiger partial charge is 0.326 e. The molecule has 0 aliphatic carbocycles. The van der Waals surface area contributed by atoms with E-state index in [4.69, 9.17) is 0 Å². The molecule has 0 saturated carbocycles. The highest BCUT2D eigenvalue weighted by atomic mass is 16.1. The summed E-state index contributed by atoms with van der Waals surface area (Å²) >= 11 is 0. The number of anilines is 1. The second-order valence-electron chi connectivity index (χ2n) is 3.59. The number of hydrogen-bond acceptors (Lipinski definition) is 2. The SMILES string of the molecule is CN(C)c1ccc2[nH]c(=O)n(C)c2c1. The highest BCUT2D eigenvalue weighted by Gasteiger charge is 2.04. The average Bonchev–Trinajstić information content (AvgIpc) is 2.43. The van der Waals surface area contributed by atoms with Crippen molar-refractivity contribution in [3.8, 4) is 0 Å². The fourth-order valence-corrected chi connectivity index (χ4v) is 1.49. The van der Waals surface area contributed by atoms with E-state index in [-0.39, 0.29) is 5.69 Å². The van der Waals surface area contributed by atoms with E-state index in [0.717, 1.165) is 16.7 Å². The Balaban J connectivity index is 2.76. The van der Waals surface area contributed by atoms with Gasteiger partial charge in [-0.25, -0.2) is 4.79 Å². The van der Waals surface area contributed by atoms with Crippen LogP contribution in [0.5, 0.6) is 0 Å². The van der Waals surface area contributed by atoms with Crippen molar-refractivity contribution in [3.63, 3.8) is 0 Å². The maximum atomic E-state index is 11.3. The summed E-state index contributed by atoms with van der Waals surface area (Å²) in [5, 5.41) is 0. The Labute approximate surface area is 81.8 Å². The molecule has 1 aromatic heterocycles. The Kier molecular flexibility index (Phi) is 1.84. The van der Waals surface area contributed by atoms with Gasteiger partial charge in [0.2, 0.25) is 0 Å². The third-order valence-electron chi connectivity index (χ3n) is 2.41. The molecule has 1 aromatic carbocycles. The zero-order valence-corrected chi connectivity index (χ0v) is 8.53. The van der Waals surface area contributed by atoms with Gasteiger partial charge in [0, 0.05) is 26.8 Å². The van der Waals surface area contributed by atoms with Gasteiger partial charge in [0.15, 0.2) is 0 Å². The van der Waals surface area contributed by atoms with E-state index in [1.807, 2.05) is 37.2 Å². The number of aryl methyl sites for hydroxylation is 1. The van der Waals surface area contributed by atoms with Crippen molar-refractivity contribution >= 4 is 16.7 Å². The van der Waals surface area contributed by atoms with Crippen LogP contribution in [0.4, 0.5) is 5.69 Å². The first-order valence-corrected chi connectivity index (χ1v) is 4.45. The fourth-order valence-electron chi connectivity index (χ4n) is 1.49. The molecule has 0 aliphatic rings. The molecule has 0 fully saturated rings. The number of benzene rings is 1. The van der Waals surface area contributed by atoms with Crippen molar-refractivity contribution in [3.05, 3.63) is 28.7 Å². The largest absolute Gasteiger partial charge is 0.378 e. The summed E-state index contributed by atoms with van der Waals surface area (Å²) in [4.78, 5) is 16.1. The van der Waals surface area contributed by atoms with Gasteiger partial charge >= 0.3 is 5.69 Å². The zero-order valence-electron chi connectivity index (χ0n) is 8.53. The molecule has 0 unspecified atom stereocenters. The standard InChI is InChI=1S/C10H13N3O/c1-12(2)7-4-5-8-9(6-7)13(3)10(14)11-8/h4-6H,1-3H3,(H,11,14). The number of hydrogen-bond donors (Lipinski definition) is 1. The summed E-state index contributed by atoms with van der Waals surface area (Å²) < 4.78 is 1.61. The van der Waals surface area contributed by atoms with Crippen LogP contribution in [0.1, 0.15) is 0 Å². The van der Waals surface area contributed by atoms with E-state index >= 15 is 0 Å². The molecule has 1 N–H and O–H groups in total. The first-order chi connectivity index (χ1) is 6.59. The lowest BCUT2D eigenvalue weighted by atomic mass is 10.2. The zero-order chi connectivity index (χ0) is 10.3. The number of nitrogens with zero attached hydrogens (tertiary/aromatic N) is 2. The Hall–Kier alpha value is -1.71. The number of rotatable bonds is 1. The molecule has 74 valence electrons. The molecule has 0 radical (unpaired) electrons. The van der Waals surface area contributed by atoms with E-state index in [0.29, 0.717) is 0 Å². The molecule has 0 aliphatic heterocycles. The Morgan fingerprint density at radius 3 is 2.71 bits per heavy atom. The minimum atomic E-state index is -0.0732. The summed E-state index contributed by atoms with van der Waals surface area (Å²) in [6.07, 6.45) is 0. The van der Waals surface area contributed by atoms with Gasteiger partial charge in [0.1, 0.15) is 0 Å². The molecular formula is C10H13N3O. The molecule has 2 aromatic rings. The Morgan fingerprint density at radius 1 is 1.36 bits per heavy atom. The van der Waals surface area contributed by atoms with E-state index in [1.54, 1.807) is 11.6 Å². The van der Waals surface area contributed by atoms with Crippen molar-refractivity contribution in [2.45, 2.75) is 0 Å². The maximum absolute atomic E-state index is 11.3. The van der Waals surface area contributed by atoms with Crippen LogP contribution in [0.15, 0.2) is 23.0 Å². The third-order valence-corrected chi connectivity index (χ3v) is 2.41. The predicted octanol–water partition coefficient (Wildman–Crippen LogP) is 0.933. The first kappa shape index (κ1) is 8.87. The molecule has 2 rings (SSSR count). The maximum Gasteiger partial charge on any atom is 0.326 e. The average molecular weight is 191 g/mol. The van der Waals surface area contributed by atoms with Crippen LogP contribution in [-0.2, 0) is 7.05 Å². The number of nitrogens with one attached hydrogen (secondary N) is 1. The van der Waals surface area contributed by atoms with Crippen molar-refractivity contribution < 1.29 is 0 Å². The van der Waals surface area contributed by atoms with Crippen LogP contribution >= 0.6 is 0 Å². The molecule has 1 heterocycles. The lowest BCUT2D eigenvalue weighted by Crippen LogP contribution is -2.12. The number of aromatic nitrogens is 2. The second-order valence-corrected chi connectivity index (χ2v) is 3.59. The lowest BCUT2D eigenvalue weighted by Gasteiger charge is -2.11. The lowest BCUT2D eigenvalue weighted by molar-refractivity contribution is 0.891. The van der Waals surface area contributed by atoms with Crippen LogP contribution in [-0.4, -0.2) is 23.6 Å². The number of imidazole rings is 1. The molecule has 0 amide bonds. The molecule has 4 nitrogen and oxygen atoms in total. The summed E-state index contributed by atoms with van der Waals surface area (Å²) in [6, 6.07) is 5.90. The van der Waals surface area contributed by atoms with Gasteiger partial charge in [-0.1, -0.05) is 0 Å². The van der Waals surface area contributed by atoms with Crippen LogP contribution in [0, 0.1) is 0 Å². The fraction of sp³-hybridized carbons (Fsp3) is 0.300. The molecule has 14 heavy (non-hydrogen) atoms. The molecule has 0 atom stereocenters. The third kappa shape index (κ3) is 1.19. The summed E-state index contributed by atoms with van der Waals surface area (Å²) in [5.41, 5.74) is 2.83. The molecule has 0 spiro atoms. The summed E-state index contributed by atoms with van der Waals surface area (Å²) in [5.74, 6) is 0. The first-order valence-electron chi connectivity index (χ1n) is 4.45. The monoisotopic (exact) mass is 191 g/mol. The highest BCUT2D eigenvalue weighted by Crippen LogP contribution is 2.17. The van der Waals surface area contributed by atoms with Crippen molar-refractivity contribution in [2.75, 3.05) is 19.0 Å². The Morgan fingerprint density at radius 2 is 2.07 bits per heavy atom. The summed E-state index contributed by atoms with van der Waals surface area (Å²) in [6.45, 7) is 0. The topological polar surface area (TPSA) is 41.0 Å². The van der Waals surface area contributed by atoms with Crippen molar-refractivity contribution in [2.24, 2.45) is 7.05 Å². The van der Waals surface area contributed by atoms with Crippen LogP contribution in [0.25, 0.3) is 11.0 Å². The normalized spacial score (nSPS) is 10.8. The van der Waals surface area contributed by atoms with Crippen LogP contribution in [0.3, 0.4) is 0 Å². The highest BCUT2D eigenvalue weighted by molar-refractivity contribution is 5.79. The van der Waals surface area contributed by atoms with Crippen molar-refractivity contribution in [1.82, 2.24) is 9.55 Å². The van der Waals surface area contributed by atoms with Crippen LogP contribution in [0.2, 0.25) is 0 Å². The van der Waals surface area contributed by atoms with Gasteiger partial charge in [-0.15, -0.1) is 0 Å². The molecule has 4 heteroatoms. The quantitative estimate of drug-likeness (QED) is 0.728. The Bertz CT molecular complexity index is 522. The summed E-state index contributed by atoms with van der Waals surface area (Å²) in [7, 11) is 5.72. The molecule has 0 bridgehead atoms. The number of aromatic amines is 1. The van der Waals surface area contributed by atoms with Gasteiger partial charge in [0.05, 0.1) is 11.0 Å². The number of H-pyrrole nitrogens is 1. The van der Waals surface area contributed by atoms with E-state index in [2.05, 4.69) is 4.98 Å². The van der Waals surface area contributed by atoms with Crippen molar-refractivity contribution in [1.29, 1.82) is 0 Å². The van der Waals surface area contributed by atoms with Gasteiger partial charge < -0.3 is 9.88 Å². The van der Waals surface area contributed by atoms with E-state index < -0.39 is 0 Å². The minimum Gasteiger partial charge on any atom is -0.378 e. The van der Waals surface area contributed by atoms with Gasteiger partial charge in [0.25, 0.3) is 0 Å². The van der Waals surface area contributed by atoms with Gasteiger partial charge in [-0.05, 0) is 18.2 Å². The molecular weight excluding hydrogens is 178 g/mol. The van der Waals surface area contributed by atoms with Crippen LogP contribution < -0.4 is 10.6 Å². The van der Waals surface area contributed by atoms with E-state index in [9.17, 15) is 4.79 Å². The molecule has 0 saturated heterocycles.